The highest BCUT2D eigenvalue weighted by atomic mass is 16.5. The molecule has 6 nitrogen and oxygen atoms in total. The molecule has 0 spiro atoms. The van der Waals surface area contributed by atoms with E-state index >= 15 is 0 Å². The van der Waals surface area contributed by atoms with Crippen molar-refractivity contribution in [3.63, 3.8) is 0 Å². The third-order valence-electron chi connectivity index (χ3n) is 3.41. The predicted octanol–water partition coefficient (Wildman–Crippen LogP) is 2.29. The Morgan fingerprint density at radius 1 is 1.30 bits per heavy atom. The van der Waals surface area contributed by atoms with E-state index in [0.717, 1.165) is 11.4 Å². The standard InChI is InChI=1S/C17H25N3O3/c1-5-23-14-8-6-13(7-9-14)20-11-12(10-15(20)21)18-16(22)19-17(2,3)4/h6-9,12H,5,10-11H2,1-4H3,(H2,18,19,22)/t12-/m0/s1. The van der Waals surface area contributed by atoms with Crippen molar-refractivity contribution in [1.82, 2.24) is 10.6 Å². The van der Waals surface area contributed by atoms with Gasteiger partial charge in [-0.2, -0.15) is 0 Å². The van der Waals surface area contributed by atoms with Gasteiger partial charge >= 0.3 is 6.03 Å². The number of nitrogens with one attached hydrogen (secondary N) is 2. The molecule has 1 atom stereocenters. The second kappa shape index (κ2) is 6.89. The van der Waals surface area contributed by atoms with E-state index in [1.54, 1.807) is 4.90 Å². The van der Waals surface area contributed by atoms with Gasteiger partial charge in [0.2, 0.25) is 5.91 Å². The molecule has 23 heavy (non-hydrogen) atoms. The van der Waals surface area contributed by atoms with Gasteiger partial charge < -0.3 is 20.3 Å². The van der Waals surface area contributed by atoms with Gasteiger partial charge in [0.05, 0.1) is 12.6 Å². The van der Waals surface area contributed by atoms with Crippen molar-refractivity contribution in [3.8, 4) is 5.75 Å². The van der Waals surface area contributed by atoms with E-state index in [9.17, 15) is 9.59 Å². The quantitative estimate of drug-likeness (QED) is 0.894. The molecule has 0 aromatic heterocycles. The van der Waals surface area contributed by atoms with Crippen molar-refractivity contribution in [1.29, 1.82) is 0 Å². The third kappa shape index (κ3) is 4.87. The van der Waals surface area contributed by atoms with Gasteiger partial charge in [0.1, 0.15) is 5.75 Å². The Kier molecular flexibility index (Phi) is 5.13. The summed E-state index contributed by atoms with van der Waals surface area (Å²) in [5.41, 5.74) is 0.514. The molecule has 0 aliphatic carbocycles. The van der Waals surface area contributed by atoms with Gasteiger partial charge in [-0.1, -0.05) is 0 Å². The molecule has 1 aromatic carbocycles. The summed E-state index contributed by atoms with van der Waals surface area (Å²) in [4.78, 5) is 25.8. The Balaban J connectivity index is 1.95. The molecule has 0 unspecified atom stereocenters. The maximum absolute atomic E-state index is 12.2. The Labute approximate surface area is 137 Å². The van der Waals surface area contributed by atoms with Gasteiger partial charge in [-0.3, -0.25) is 4.79 Å². The van der Waals surface area contributed by atoms with Crippen molar-refractivity contribution >= 4 is 17.6 Å². The molecule has 0 bridgehead atoms. The molecule has 6 heteroatoms. The van der Waals surface area contributed by atoms with Crippen LogP contribution in [-0.4, -0.2) is 36.7 Å². The second-order valence-electron chi connectivity index (χ2n) is 6.68. The first-order valence-electron chi connectivity index (χ1n) is 7.90. The molecule has 2 rings (SSSR count). The molecule has 1 aliphatic rings. The van der Waals surface area contributed by atoms with Crippen LogP contribution in [0.1, 0.15) is 34.1 Å². The lowest BCUT2D eigenvalue weighted by Gasteiger charge is -2.23. The molecular formula is C17H25N3O3. The van der Waals surface area contributed by atoms with Crippen LogP contribution in [0.5, 0.6) is 5.75 Å². The number of carbonyl (C=O) groups is 2. The van der Waals surface area contributed by atoms with Crippen LogP contribution in [0.4, 0.5) is 10.5 Å². The fourth-order valence-electron chi connectivity index (χ4n) is 2.50. The molecule has 0 radical (unpaired) electrons. The van der Waals surface area contributed by atoms with Gasteiger partial charge in [0.25, 0.3) is 0 Å². The molecule has 1 aliphatic heterocycles. The van der Waals surface area contributed by atoms with Gasteiger partial charge in [-0.05, 0) is 52.0 Å². The number of hydrogen-bond acceptors (Lipinski definition) is 3. The summed E-state index contributed by atoms with van der Waals surface area (Å²) >= 11 is 0. The maximum atomic E-state index is 12.2. The first kappa shape index (κ1) is 17.1. The molecule has 1 heterocycles. The smallest absolute Gasteiger partial charge is 0.315 e. The normalized spacial score (nSPS) is 18.0. The van der Waals surface area contributed by atoms with Crippen LogP contribution >= 0.6 is 0 Å². The fourth-order valence-corrected chi connectivity index (χ4v) is 2.50. The zero-order valence-corrected chi connectivity index (χ0v) is 14.2. The molecule has 1 saturated heterocycles. The number of urea groups is 1. The van der Waals surface area contributed by atoms with Gasteiger partial charge in [0, 0.05) is 24.2 Å². The van der Waals surface area contributed by atoms with Crippen LogP contribution in [0.25, 0.3) is 0 Å². The monoisotopic (exact) mass is 319 g/mol. The highest BCUT2D eigenvalue weighted by Gasteiger charge is 2.32. The summed E-state index contributed by atoms with van der Waals surface area (Å²) in [5, 5.41) is 5.70. The van der Waals surface area contributed by atoms with Crippen molar-refractivity contribution in [2.75, 3.05) is 18.1 Å². The average molecular weight is 319 g/mol. The van der Waals surface area contributed by atoms with Crippen molar-refractivity contribution in [2.45, 2.75) is 45.7 Å². The van der Waals surface area contributed by atoms with Crippen LogP contribution in [0, 0.1) is 0 Å². The van der Waals surface area contributed by atoms with Gasteiger partial charge in [-0.25, -0.2) is 4.79 Å². The number of benzene rings is 1. The summed E-state index contributed by atoms with van der Waals surface area (Å²) in [6, 6.07) is 6.99. The van der Waals surface area contributed by atoms with Crippen molar-refractivity contribution in [3.05, 3.63) is 24.3 Å². The lowest BCUT2D eigenvalue weighted by atomic mass is 10.1. The topological polar surface area (TPSA) is 70.7 Å². The summed E-state index contributed by atoms with van der Waals surface area (Å²) in [5.74, 6) is 0.789. The van der Waals surface area contributed by atoms with Gasteiger partial charge in [0.15, 0.2) is 0 Å². The maximum Gasteiger partial charge on any atom is 0.315 e. The SMILES string of the molecule is CCOc1ccc(N2C[C@@H](NC(=O)NC(C)(C)C)CC2=O)cc1. The zero-order valence-electron chi connectivity index (χ0n) is 14.2. The van der Waals surface area contributed by atoms with Crippen LogP contribution in [-0.2, 0) is 4.79 Å². The molecule has 1 aromatic rings. The minimum absolute atomic E-state index is 0.00946. The zero-order chi connectivity index (χ0) is 17.0. The first-order valence-corrected chi connectivity index (χ1v) is 7.90. The fraction of sp³-hybridized carbons (Fsp3) is 0.529. The second-order valence-corrected chi connectivity index (χ2v) is 6.68. The van der Waals surface area contributed by atoms with E-state index in [0.29, 0.717) is 19.6 Å². The Morgan fingerprint density at radius 2 is 1.96 bits per heavy atom. The summed E-state index contributed by atoms with van der Waals surface area (Å²) in [6.45, 7) is 8.76. The number of rotatable bonds is 4. The largest absolute Gasteiger partial charge is 0.494 e. The van der Waals surface area contributed by atoms with E-state index in [4.69, 9.17) is 4.74 Å². The number of carbonyl (C=O) groups excluding carboxylic acids is 2. The number of ether oxygens (including phenoxy) is 1. The molecule has 1 fully saturated rings. The van der Waals surface area contributed by atoms with Crippen LogP contribution < -0.4 is 20.3 Å². The molecule has 3 amide bonds. The minimum Gasteiger partial charge on any atom is -0.494 e. The van der Waals surface area contributed by atoms with E-state index in [2.05, 4.69) is 10.6 Å². The van der Waals surface area contributed by atoms with Crippen molar-refractivity contribution < 1.29 is 14.3 Å². The molecule has 126 valence electrons. The Hall–Kier alpha value is -2.24. The summed E-state index contributed by atoms with van der Waals surface area (Å²) < 4.78 is 5.40. The Bertz CT molecular complexity index is 563. The van der Waals surface area contributed by atoms with Crippen molar-refractivity contribution in [2.24, 2.45) is 0 Å². The van der Waals surface area contributed by atoms with Crippen LogP contribution in [0.2, 0.25) is 0 Å². The van der Waals surface area contributed by atoms with Crippen LogP contribution in [0.15, 0.2) is 24.3 Å². The van der Waals surface area contributed by atoms with E-state index in [-0.39, 0.29) is 23.5 Å². The summed E-state index contributed by atoms with van der Waals surface area (Å²) in [7, 11) is 0. The van der Waals surface area contributed by atoms with Crippen LogP contribution in [0.3, 0.4) is 0 Å². The third-order valence-corrected chi connectivity index (χ3v) is 3.41. The number of anilines is 1. The predicted molar refractivity (Wildman–Crippen MR) is 89.8 cm³/mol. The molecule has 2 N–H and O–H groups in total. The number of hydrogen-bond donors (Lipinski definition) is 2. The summed E-state index contributed by atoms with van der Waals surface area (Å²) in [6.07, 6.45) is 0.310. The molecular weight excluding hydrogens is 294 g/mol. The minimum atomic E-state index is -0.304. The number of amides is 3. The Morgan fingerprint density at radius 3 is 2.52 bits per heavy atom. The number of nitrogens with zero attached hydrogens (tertiary/aromatic N) is 1. The molecule has 0 saturated carbocycles. The van der Waals surface area contributed by atoms with Gasteiger partial charge in [-0.15, -0.1) is 0 Å². The first-order chi connectivity index (χ1) is 10.8. The lowest BCUT2D eigenvalue weighted by molar-refractivity contribution is -0.117. The lowest BCUT2D eigenvalue weighted by Crippen LogP contribution is -2.50. The highest BCUT2D eigenvalue weighted by Crippen LogP contribution is 2.24. The van der Waals surface area contributed by atoms with E-state index in [1.165, 1.54) is 0 Å². The highest BCUT2D eigenvalue weighted by molar-refractivity contribution is 5.96. The van der Waals surface area contributed by atoms with E-state index < -0.39 is 0 Å². The average Bonchev–Trinajstić information content (AvgIpc) is 2.78. The van der Waals surface area contributed by atoms with E-state index in [1.807, 2.05) is 52.0 Å².